The molecule has 7 heteroatoms. The lowest BCUT2D eigenvalue weighted by Crippen LogP contribution is -2.48. The summed E-state index contributed by atoms with van der Waals surface area (Å²) in [6, 6.07) is 1.76. The van der Waals surface area contributed by atoms with Gasteiger partial charge in [0.05, 0.1) is 3.79 Å². The normalized spacial score (nSPS) is 18.5. The highest BCUT2D eigenvalue weighted by molar-refractivity contribution is 9.11. The lowest BCUT2D eigenvalue weighted by Gasteiger charge is -2.33. The molecule has 0 amide bonds. The fourth-order valence-corrected chi connectivity index (χ4v) is 6.12. The number of sulfonamides is 1. The van der Waals surface area contributed by atoms with Crippen LogP contribution in [0.3, 0.4) is 0 Å². The van der Waals surface area contributed by atoms with Crippen molar-refractivity contribution in [3.63, 3.8) is 0 Å². The van der Waals surface area contributed by atoms with E-state index in [0.29, 0.717) is 23.2 Å². The largest absolute Gasteiger partial charge is 0.301 e. The van der Waals surface area contributed by atoms with E-state index in [9.17, 15) is 8.42 Å². The zero-order valence-corrected chi connectivity index (χ0v) is 16.0. The Kier molecular flexibility index (Phi) is 5.87. The number of hydrogen-bond acceptors (Lipinski definition) is 4. The molecule has 1 aromatic rings. The zero-order chi connectivity index (χ0) is 15.6. The summed E-state index contributed by atoms with van der Waals surface area (Å²) >= 11 is 4.71. The van der Waals surface area contributed by atoms with Crippen molar-refractivity contribution < 1.29 is 8.42 Å². The molecule has 1 saturated heterocycles. The molecule has 0 aromatic carbocycles. The predicted molar refractivity (Wildman–Crippen MR) is 91.4 cm³/mol. The molecule has 0 radical (unpaired) electrons. The van der Waals surface area contributed by atoms with Gasteiger partial charge in [0, 0.05) is 26.2 Å². The van der Waals surface area contributed by atoms with E-state index in [2.05, 4.69) is 34.7 Å². The monoisotopic (exact) mass is 394 g/mol. The van der Waals surface area contributed by atoms with Gasteiger partial charge in [-0.15, -0.1) is 11.3 Å². The number of nitrogens with zero attached hydrogens (tertiary/aromatic N) is 2. The molecule has 1 aliphatic heterocycles. The summed E-state index contributed by atoms with van der Waals surface area (Å²) in [6.07, 6.45) is 1.17. The summed E-state index contributed by atoms with van der Waals surface area (Å²) in [5, 5.41) is 0. The summed E-state index contributed by atoms with van der Waals surface area (Å²) in [4.78, 5) is 2.36. The fraction of sp³-hybridized carbons (Fsp3) is 0.714. The molecule has 2 heterocycles. The Bertz CT molecular complexity index is 556. The van der Waals surface area contributed by atoms with Crippen LogP contribution in [0.15, 0.2) is 14.1 Å². The Labute approximate surface area is 140 Å². The van der Waals surface area contributed by atoms with Crippen LogP contribution in [-0.2, 0) is 10.0 Å². The van der Waals surface area contributed by atoms with Crippen molar-refractivity contribution in [3.8, 4) is 0 Å². The molecule has 1 aromatic heterocycles. The van der Waals surface area contributed by atoms with Gasteiger partial charge in [0.2, 0.25) is 0 Å². The van der Waals surface area contributed by atoms with Gasteiger partial charge in [-0.3, -0.25) is 0 Å². The predicted octanol–water partition coefficient (Wildman–Crippen LogP) is 3.17. The number of rotatable bonds is 5. The first-order chi connectivity index (χ1) is 9.80. The molecule has 0 unspecified atom stereocenters. The van der Waals surface area contributed by atoms with Gasteiger partial charge in [-0.05, 0) is 53.4 Å². The molecule has 120 valence electrons. The molecule has 0 spiro atoms. The van der Waals surface area contributed by atoms with Crippen LogP contribution in [0.25, 0.3) is 0 Å². The first-order valence-electron chi connectivity index (χ1n) is 7.29. The van der Waals surface area contributed by atoms with Crippen molar-refractivity contribution >= 4 is 37.3 Å². The number of aryl methyl sites for hydroxylation is 1. The van der Waals surface area contributed by atoms with E-state index in [1.807, 2.05) is 6.92 Å². The number of thiophene rings is 1. The average molecular weight is 395 g/mol. The molecule has 0 bridgehead atoms. The average Bonchev–Trinajstić information content (AvgIpc) is 2.77. The fourth-order valence-electron chi connectivity index (χ4n) is 2.32. The molecule has 1 fully saturated rings. The lowest BCUT2D eigenvalue weighted by atomic mass is 10.1. The van der Waals surface area contributed by atoms with Gasteiger partial charge < -0.3 is 4.90 Å². The van der Waals surface area contributed by atoms with E-state index in [1.165, 1.54) is 17.8 Å². The SMILES string of the molecule is Cc1cc(S(=O)(=O)N2CCN(CCC(C)C)CC2)sc1Br. The molecular weight excluding hydrogens is 372 g/mol. The quantitative estimate of drug-likeness (QED) is 0.769. The maximum absolute atomic E-state index is 12.6. The van der Waals surface area contributed by atoms with Crippen LogP contribution in [0.5, 0.6) is 0 Å². The molecule has 0 saturated carbocycles. The second kappa shape index (κ2) is 7.08. The summed E-state index contributed by atoms with van der Waals surface area (Å²) in [5.41, 5.74) is 0.981. The first kappa shape index (κ1) is 17.4. The van der Waals surface area contributed by atoms with Gasteiger partial charge in [-0.2, -0.15) is 4.31 Å². The second-order valence-electron chi connectivity index (χ2n) is 5.95. The second-order valence-corrected chi connectivity index (χ2v) is 10.5. The van der Waals surface area contributed by atoms with Gasteiger partial charge >= 0.3 is 0 Å². The minimum Gasteiger partial charge on any atom is -0.301 e. The van der Waals surface area contributed by atoms with E-state index in [1.54, 1.807) is 10.4 Å². The molecule has 0 N–H and O–H groups in total. The molecule has 2 rings (SSSR count). The highest BCUT2D eigenvalue weighted by Crippen LogP contribution is 2.32. The van der Waals surface area contributed by atoms with Crippen LogP contribution in [0.1, 0.15) is 25.8 Å². The smallest absolute Gasteiger partial charge is 0.252 e. The topological polar surface area (TPSA) is 40.6 Å². The zero-order valence-electron chi connectivity index (χ0n) is 12.8. The van der Waals surface area contributed by atoms with Crippen molar-refractivity contribution in [2.75, 3.05) is 32.7 Å². The van der Waals surface area contributed by atoms with Gasteiger partial charge in [0.15, 0.2) is 0 Å². The maximum Gasteiger partial charge on any atom is 0.252 e. The van der Waals surface area contributed by atoms with E-state index >= 15 is 0 Å². The molecule has 1 aliphatic rings. The van der Waals surface area contributed by atoms with Gasteiger partial charge in [0.1, 0.15) is 4.21 Å². The third-order valence-electron chi connectivity index (χ3n) is 3.78. The summed E-state index contributed by atoms with van der Waals surface area (Å²) in [6.45, 7) is 10.3. The highest BCUT2D eigenvalue weighted by Gasteiger charge is 2.30. The van der Waals surface area contributed by atoms with Crippen LogP contribution in [-0.4, -0.2) is 50.3 Å². The molecule has 4 nitrogen and oxygen atoms in total. The van der Waals surface area contributed by atoms with Gasteiger partial charge in [0.25, 0.3) is 10.0 Å². The Hall–Kier alpha value is 0.0500. The summed E-state index contributed by atoms with van der Waals surface area (Å²) < 4.78 is 28.2. The van der Waals surface area contributed by atoms with Crippen LogP contribution in [0.2, 0.25) is 0 Å². The lowest BCUT2D eigenvalue weighted by molar-refractivity contribution is 0.181. The third-order valence-corrected chi connectivity index (χ3v) is 8.27. The molecule has 21 heavy (non-hydrogen) atoms. The first-order valence-corrected chi connectivity index (χ1v) is 10.3. The minimum atomic E-state index is -3.32. The van der Waals surface area contributed by atoms with Crippen molar-refractivity contribution in [1.82, 2.24) is 9.21 Å². The maximum atomic E-state index is 12.6. The van der Waals surface area contributed by atoms with Crippen LogP contribution >= 0.6 is 27.3 Å². The van der Waals surface area contributed by atoms with Crippen LogP contribution in [0, 0.1) is 12.8 Å². The van der Waals surface area contributed by atoms with E-state index in [0.717, 1.165) is 29.0 Å². The minimum absolute atomic E-state index is 0.447. The Morgan fingerprint density at radius 3 is 2.38 bits per heavy atom. The van der Waals surface area contributed by atoms with E-state index in [4.69, 9.17) is 0 Å². The summed E-state index contributed by atoms with van der Waals surface area (Å²) in [7, 11) is -3.32. The Balaban J connectivity index is 1.98. The number of halogens is 1. The molecule has 0 atom stereocenters. The van der Waals surface area contributed by atoms with Gasteiger partial charge in [-0.1, -0.05) is 13.8 Å². The van der Waals surface area contributed by atoms with Crippen molar-refractivity contribution in [2.45, 2.75) is 31.4 Å². The molecular formula is C14H23BrN2O2S2. The Morgan fingerprint density at radius 1 is 1.29 bits per heavy atom. The van der Waals surface area contributed by atoms with E-state index < -0.39 is 10.0 Å². The highest BCUT2D eigenvalue weighted by atomic mass is 79.9. The van der Waals surface area contributed by atoms with Crippen LogP contribution < -0.4 is 0 Å². The third kappa shape index (κ3) is 4.28. The van der Waals surface area contributed by atoms with E-state index in [-0.39, 0.29) is 0 Å². The van der Waals surface area contributed by atoms with Crippen molar-refractivity contribution in [3.05, 3.63) is 15.4 Å². The van der Waals surface area contributed by atoms with Crippen molar-refractivity contribution in [1.29, 1.82) is 0 Å². The summed E-state index contributed by atoms with van der Waals surface area (Å²) in [5.74, 6) is 0.693. The number of piperazine rings is 1. The Morgan fingerprint density at radius 2 is 1.90 bits per heavy atom. The van der Waals surface area contributed by atoms with Crippen LogP contribution in [0.4, 0.5) is 0 Å². The standard InChI is InChI=1S/C14H23BrN2O2S2/c1-11(2)4-5-16-6-8-17(9-7-16)21(18,19)13-10-12(3)14(15)20-13/h10-11H,4-9H2,1-3H3. The molecule has 0 aliphatic carbocycles. The number of hydrogen-bond donors (Lipinski definition) is 0. The van der Waals surface area contributed by atoms with Gasteiger partial charge in [-0.25, -0.2) is 8.42 Å². The van der Waals surface area contributed by atoms with Crippen molar-refractivity contribution in [2.24, 2.45) is 5.92 Å².